The molecule has 1 aromatic carbocycles. The van der Waals surface area contributed by atoms with E-state index in [2.05, 4.69) is 36.1 Å². The van der Waals surface area contributed by atoms with Gasteiger partial charge in [0, 0.05) is 24.8 Å². The lowest BCUT2D eigenvalue weighted by Gasteiger charge is -2.25. The second-order valence-electron chi connectivity index (χ2n) is 6.55. The molecule has 1 amide bonds. The maximum atomic E-state index is 12.8. The van der Waals surface area contributed by atoms with Crippen molar-refractivity contribution in [1.29, 1.82) is 0 Å². The smallest absolute Gasteiger partial charge is 0.223 e. The number of amides is 1. The fourth-order valence-corrected chi connectivity index (χ4v) is 4.99. The highest BCUT2D eigenvalue weighted by atomic mass is 32.2. The minimum atomic E-state index is 0.380. The lowest BCUT2D eigenvalue weighted by atomic mass is 9.97. The zero-order valence-corrected chi connectivity index (χ0v) is 14.4. The maximum Gasteiger partial charge on any atom is 0.223 e. The molecule has 0 N–H and O–H groups in total. The van der Waals surface area contributed by atoms with E-state index in [-0.39, 0.29) is 0 Å². The predicted octanol–water partition coefficient (Wildman–Crippen LogP) is 4.24. The summed E-state index contributed by atoms with van der Waals surface area (Å²) < 4.78 is 0. The monoisotopic (exact) mass is 317 g/mol. The highest BCUT2D eigenvalue weighted by Gasteiger charge is 2.28. The first-order chi connectivity index (χ1) is 10.8. The van der Waals surface area contributed by atoms with Crippen LogP contribution in [0, 0.1) is 0 Å². The molecule has 22 heavy (non-hydrogen) atoms. The van der Waals surface area contributed by atoms with Crippen LogP contribution >= 0.6 is 11.8 Å². The molecule has 2 atom stereocenters. The van der Waals surface area contributed by atoms with Crippen molar-refractivity contribution in [3.8, 4) is 0 Å². The molecule has 3 heteroatoms. The molecule has 0 saturated carbocycles. The van der Waals surface area contributed by atoms with Crippen molar-refractivity contribution in [3.63, 3.8) is 0 Å². The molecule has 1 aliphatic heterocycles. The van der Waals surface area contributed by atoms with E-state index in [1.54, 1.807) is 0 Å². The van der Waals surface area contributed by atoms with E-state index in [1.165, 1.54) is 30.4 Å². The molecule has 1 heterocycles. The summed E-state index contributed by atoms with van der Waals surface area (Å²) in [6.07, 6.45) is 6.71. The van der Waals surface area contributed by atoms with Gasteiger partial charge in [-0.2, -0.15) is 11.8 Å². The predicted molar refractivity (Wildman–Crippen MR) is 94.5 cm³/mol. The van der Waals surface area contributed by atoms with Gasteiger partial charge in [0.25, 0.3) is 0 Å². The van der Waals surface area contributed by atoms with E-state index in [0.717, 1.165) is 31.7 Å². The number of likely N-dealkylation sites (tertiary alicyclic amines) is 1. The lowest BCUT2D eigenvalue weighted by Crippen LogP contribution is -2.36. The summed E-state index contributed by atoms with van der Waals surface area (Å²) in [6, 6.07) is 8.67. The van der Waals surface area contributed by atoms with Gasteiger partial charge in [-0.15, -0.1) is 0 Å². The quantitative estimate of drug-likeness (QED) is 0.828. The normalized spacial score (nSPS) is 24.9. The van der Waals surface area contributed by atoms with Gasteiger partial charge in [0.2, 0.25) is 5.91 Å². The maximum absolute atomic E-state index is 12.8. The van der Waals surface area contributed by atoms with Crippen molar-refractivity contribution < 1.29 is 4.79 Å². The van der Waals surface area contributed by atoms with Gasteiger partial charge >= 0.3 is 0 Å². The number of carbonyl (C=O) groups excluding carboxylic acids is 1. The molecule has 0 spiro atoms. The van der Waals surface area contributed by atoms with Gasteiger partial charge in [-0.05, 0) is 48.5 Å². The van der Waals surface area contributed by atoms with E-state index in [4.69, 9.17) is 0 Å². The van der Waals surface area contributed by atoms with Crippen molar-refractivity contribution in [2.75, 3.05) is 18.8 Å². The van der Waals surface area contributed by atoms with Crippen LogP contribution in [0.5, 0.6) is 0 Å². The summed E-state index contributed by atoms with van der Waals surface area (Å²) in [7, 11) is 0. The van der Waals surface area contributed by atoms with E-state index >= 15 is 0 Å². The second kappa shape index (κ2) is 7.54. The minimum absolute atomic E-state index is 0.380. The fourth-order valence-electron chi connectivity index (χ4n) is 3.90. The van der Waals surface area contributed by atoms with Crippen molar-refractivity contribution in [2.24, 2.45) is 0 Å². The highest BCUT2D eigenvalue weighted by Crippen LogP contribution is 2.36. The molecule has 2 aliphatic rings. The molecule has 1 fully saturated rings. The minimum Gasteiger partial charge on any atom is -0.342 e. The third-order valence-corrected chi connectivity index (χ3v) is 6.25. The number of hydrogen-bond donors (Lipinski definition) is 0. The van der Waals surface area contributed by atoms with Gasteiger partial charge in [0.15, 0.2) is 0 Å². The summed E-state index contributed by atoms with van der Waals surface area (Å²) in [5.74, 6) is 1.98. The molecule has 0 bridgehead atoms. The molecule has 1 aliphatic carbocycles. The van der Waals surface area contributed by atoms with Crippen LogP contribution < -0.4 is 0 Å². The molecular weight excluding hydrogens is 290 g/mol. The Morgan fingerprint density at radius 2 is 2.14 bits per heavy atom. The first kappa shape index (κ1) is 15.9. The number of thioether (sulfide) groups is 1. The van der Waals surface area contributed by atoms with Gasteiger partial charge in [-0.25, -0.2) is 0 Å². The Hall–Kier alpha value is -0.960. The topological polar surface area (TPSA) is 20.3 Å². The average molecular weight is 317 g/mol. The Bertz CT molecular complexity index is 516. The van der Waals surface area contributed by atoms with E-state index < -0.39 is 0 Å². The van der Waals surface area contributed by atoms with Crippen molar-refractivity contribution in [1.82, 2.24) is 4.90 Å². The number of fused-ring (bicyclic) bond motifs is 1. The van der Waals surface area contributed by atoms with Crippen LogP contribution in [0.3, 0.4) is 0 Å². The van der Waals surface area contributed by atoms with Gasteiger partial charge in [0.05, 0.1) is 0 Å². The van der Waals surface area contributed by atoms with E-state index in [0.29, 0.717) is 23.5 Å². The molecule has 1 aromatic rings. The second-order valence-corrected chi connectivity index (χ2v) is 8.13. The van der Waals surface area contributed by atoms with Crippen LogP contribution in [-0.2, 0) is 11.2 Å². The Balaban J connectivity index is 1.62. The van der Waals surface area contributed by atoms with Crippen molar-refractivity contribution in [3.05, 3.63) is 35.4 Å². The fraction of sp³-hybridized carbons (Fsp3) is 0.632. The van der Waals surface area contributed by atoms with E-state index in [1.807, 2.05) is 11.8 Å². The molecule has 0 radical (unpaired) electrons. The standard InChI is InChI=1S/C19H27NOS/c1-2-22-17-8-5-6-12-20(14-17)19(21)13-16-11-10-15-7-3-4-9-18(15)16/h3-4,7,9,16-17H,2,5-6,8,10-14H2,1H3. The number of nitrogens with zero attached hydrogens (tertiary/aromatic N) is 1. The Morgan fingerprint density at radius 1 is 1.27 bits per heavy atom. The van der Waals surface area contributed by atoms with Gasteiger partial charge < -0.3 is 4.90 Å². The summed E-state index contributed by atoms with van der Waals surface area (Å²) in [4.78, 5) is 14.9. The summed E-state index contributed by atoms with van der Waals surface area (Å²) in [5.41, 5.74) is 2.88. The Morgan fingerprint density at radius 3 is 3.00 bits per heavy atom. The SMILES string of the molecule is CCSC1CCCCN(C(=O)CC2CCc3ccccc32)C1. The summed E-state index contributed by atoms with van der Waals surface area (Å²) in [5, 5.41) is 0.646. The molecule has 120 valence electrons. The van der Waals surface area contributed by atoms with Gasteiger partial charge in [-0.3, -0.25) is 4.79 Å². The van der Waals surface area contributed by atoms with Crippen LogP contribution in [0.25, 0.3) is 0 Å². The summed E-state index contributed by atoms with van der Waals surface area (Å²) >= 11 is 2.02. The average Bonchev–Trinajstić information content (AvgIpc) is 2.78. The first-order valence-electron chi connectivity index (χ1n) is 8.75. The molecule has 2 unspecified atom stereocenters. The third-order valence-electron chi connectivity index (χ3n) is 5.06. The zero-order valence-electron chi connectivity index (χ0n) is 13.6. The molecule has 1 saturated heterocycles. The van der Waals surface area contributed by atoms with Crippen LogP contribution in [0.2, 0.25) is 0 Å². The number of hydrogen-bond acceptors (Lipinski definition) is 2. The highest BCUT2D eigenvalue weighted by molar-refractivity contribution is 7.99. The first-order valence-corrected chi connectivity index (χ1v) is 9.80. The lowest BCUT2D eigenvalue weighted by molar-refractivity contribution is -0.131. The zero-order chi connectivity index (χ0) is 15.4. The molecule has 3 rings (SSSR count). The Labute approximate surface area is 138 Å². The van der Waals surface area contributed by atoms with Crippen LogP contribution in [0.15, 0.2) is 24.3 Å². The molecule has 2 nitrogen and oxygen atoms in total. The summed E-state index contributed by atoms with van der Waals surface area (Å²) in [6.45, 7) is 4.15. The van der Waals surface area contributed by atoms with Crippen LogP contribution in [-0.4, -0.2) is 34.9 Å². The van der Waals surface area contributed by atoms with Gasteiger partial charge in [0.1, 0.15) is 0 Å². The van der Waals surface area contributed by atoms with Crippen LogP contribution in [0.4, 0.5) is 0 Å². The number of aryl methyl sites for hydroxylation is 1. The number of carbonyl (C=O) groups is 1. The van der Waals surface area contributed by atoms with Gasteiger partial charge in [-0.1, -0.05) is 37.6 Å². The largest absolute Gasteiger partial charge is 0.342 e. The molecular formula is C19H27NOS. The third kappa shape index (κ3) is 3.68. The van der Waals surface area contributed by atoms with Crippen molar-refractivity contribution in [2.45, 2.75) is 56.6 Å². The van der Waals surface area contributed by atoms with Crippen molar-refractivity contribution >= 4 is 17.7 Å². The Kier molecular flexibility index (Phi) is 5.46. The van der Waals surface area contributed by atoms with Crippen LogP contribution in [0.1, 0.15) is 56.1 Å². The van der Waals surface area contributed by atoms with E-state index in [9.17, 15) is 4.79 Å². The molecule has 0 aromatic heterocycles. The number of benzene rings is 1. The number of rotatable bonds is 4.